The van der Waals surface area contributed by atoms with E-state index in [-0.39, 0.29) is 5.82 Å². The number of halogens is 1. The number of aromatic nitrogens is 8. The summed E-state index contributed by atoms with van der Waals surface area (Å²) >= 11 is 0. The summed E-state index contributed by atoms with van der Waals surface area (Å²) < 4.78 is 15.6. The minimum atomic E-state index is -0.370. The minimum Gasteiger partial charge on any atom is -0.308 e. The van der Waals surface area contributed by atoms with E-state index in [9.17, 15) is 4.39 Å². The van der Waals surface area contributed by atoms with E-state index in [4.69, 9.17) is 9.97 Å². The van der Waals surface area contributed by atoms with Crippen molar-refractivity contribution in [1.82, 2.24) is 40.1 Å². The predicted molar refractivity (Wildman–Crippen MR) is 144 cm³/mol. The number of imidazole rings is 1. The number of nitrogens with one attached hydrogen (secondary N) is 1. The Morgan fingerprint density at radius 3 is 2.42 bits per heavy atom. The monoisotopic (exact) mass is 504 g/mol. The Morgan fingerprint density at radius 1 is 0.895 bits per heavy atom. The fraction of sp³-hybridized carbons (Fsp3) is 0.172. The summed E-state index contributed by atoms with van der Waals surface area (Å²) in [7, 11) is 0. The third kappa shape index (κ3) is 4.32. The highest BCUT2D eigenvalue weighted by Crippen LogP contribution is 2.34. The van der Waals surface area contributed by atoms with Crippen LogP contribution in [-0.2, 0) is 13.0 Å². The molecule has 0 aliphatic carbocycles. The van der Waals surface area contributed by atoms with Gasteiger partial charge in [-0.2, -0.15) is 5.21 Å². The average Bonchev–Trinajstić information content (AvgIpc) is 3.58. The molecule has 0 spiro atoms. The average molecular weight is 505 g/mol. The maximum absolute atomic E-state index is 13.4. The van der Waals surface area contributed by atoms with Gasteiger partial charge in [-0.3, -0.25) is 4.98 Å². The zero-order valence-electron chi connectivity index (χ0n) is 21.3. The van der Waals surface area contributed by atoms with E-state index in [0.29, 0.717) is 18.1 Å². The number of hydrogen-bond donors (Lipinski definition) is 1. The number of rotatable bonds is 6. The first-order valence-electron chi connectivity index (χ1n) is 12.4. The quantitative estimate of drug-likeness (QED) is 0.312. The zero-order valence-corrected chi connectivity index (χ0v) is 21.3. The molecule has 0 aliphatic heterocycles. The number of aryl methyl sites for hydroxylation is 3. The molecule has 0 unspecified atom stereocenters. The molecule has 4 heterocycles. The highest BCUT2D eigenvalue weighted by molar-refractivity contribution is 5.84. The Bertz CT molecular complexity index is 1740. The van der Waals surface area contributed by atoms with Gasteiger partial charge >= 0.3 is 0 Å². The van der Waals surface area contributed by atoms with Crippen LogP contribution in [0.25, 0.3) is 44.9 Å². The van der Waals surface area contributed by atoms with E-state index in [0.717, 1.165) is 62.5 Å². The lowest BCUT2D eigenvalue weighted by atomic mass is 9.95. The van der Waals surface area contributed by atoms with Crippen LogP contribution in [0.4, 0.5) is 4.39 Å². The maximum atomic E-state index is 13.4. The number of pyridine rings is 2. The van der Waals surface area contributed by atoms with Crippen molar-refractivity contribution in [3.63, 3.8) is 0 Å². The van der Waals surface area contributed by atoms with Crippen LogP contribution in [0.5, 0.6) is 0 Å². The third-order valence-electron chi connectivity index (χ3n) is 6.65. The molecule has 38 heavy (non-hydrogen) atoms. The van der Waals surface area contributed by atoms with Crippen LogP contribution in [0.3, 0.4) is 0 Å². The Balaban J connectivity index is 1.39. The molecule has 0 aliphatic rings. The van der Waals surface area contributed by atoms with Crippen LogP contribution < -0.4 is 0 Å². The lowest BCUT2D eigenvalue weighted by Crippen LogP contribution is -2.05. The van der Waals surface area contributed by atoms with Crippen LogP contribution in [-0.4, -0.2) is 40.1 Å². The summed E-state index contributed by atoms with van der Waals surface area (Å²) in [6.07, 6.45) is 2.05. The van der Waals surface area contributed by atoms with E-state index in [1.807, 2.05) is 25.1 Å². The van der Waals surface area contributed by atoms with E-state index < -0.39 is 0 Å². The first kappa shape index (κ1) is 23.6. The van der Waals surface area contributed by atoms with E-state index >= 15 is 0 Å². The summed E-state index contributed by atoms with van der Waals surface area (Å²) in [5.41, 5.74) is 9.45. The molecule has 9 heteroatoms. The highest BCUT2D eigenvalue weighted by atomic mass is 19.1. The fourth-order valence-corrected chi connectivity index (χ4v) is 4.82. The van der Waals surface area contributed by atoms with Gasteiger partial charge in [0, 0.05) is 23.2 Å². The Labute approximate surface area is 218 Å². The van der Waals surface area contributed by atoms with Gasteiger partial charge < -0.3 is 4.57 Å². The molecule has 0 fully saturated rings. The number of aromatic amines is 1. The molecule has 0 saturated carbocycles. The Morgan fingerprint density at radius 2 is 1.71 bits per heavy atom. The van der Waals surface area contributed by atoms with Crippen LogP contribution in [0, 0.1) is 19.7 Å². The van der Waals surface area contributed by atoms with Gasteiger partial charge in [0.25, 0.3) is 0 Å². The lowest BCUT2D eigenvalue weighted by Gasteiger charge is -2.12. The van der Waals surface area contributed by atoms with Gasteiger partial charge in [-0.15, -0.1) is 10.2 Å². The Kier molecular flexibility index (Phi) is 5.95. The summed E-state index contributed by atoms with van der Waals surface area (Å²) in [5, 5.41) is 14.6. The second-order valence-corrected chi connectivity index (χ2v) is 9.27. The minimum absolute atomic E-state index is 0.370. The highest BCUT2D eigenvalue weighted by Gasteiger charge is 2.16. The van der Waals surface area contributed by atoms with Crippen LogP contribution in [0.2, 0.25) is 0 Å². The smallest absolute Gasteiger partial charge is 0.205 e. The van der Waals surface area contributed by atoms with Gasteiger partial charge in [0.1, 0.15) is 17.2 Å². The van der Waals surface area contributed by atoms with Gasteiger partial charge in [0.2, 0.25) is 5.82 Å². The molecule has 6 rings (SSSR count). The molecule has 0 radical (unpaired) electrons. The summed E-state index contributed by atoms with van der Waals surface area (Å²) in [4.78, 5) is 13.9. The van der Waals surface area contributed by atoms with Gasteiger partial charge in [0.05, 0.1) is 18.4 Å². The number of tetrazole rings is 1. The van der Waals surface area contributed by atoms with Crippen molar-refractivity contribution in [2.24, 2.45) is 0 Å². The van der Waals surface area contributed by atoms with Gasteiger partial charge in [0.15, 0.2) is 5.65 Å². The second-order valence-electron chi connectivity index (χ2n) is 9.27. The first-order chi connectivity index (χ1) is 18.5. The molecule has 0 amide bonds. The SMILES string of the molecule is CCc1nc2c(C)cc(C)nc2n1Cc1ccc(-c2cc(-c3ccc(F)cn3)ccc2-c2nn[nH]n2)cc1. The van der Waals surface area contributed by atoms with Crippen LogP contribution in [0.1, 0.15) is 29.6 Å². The van der Waals surface area contributed by atoms with Gasteiger partial charge in [-0.25, -0.2) is 14.4 Å². The third-order valence-corrected chi connectivity index (χ3v) is 6.65. The van der Waals surface area contributed by atoms with Crippen molar-refractivity contribution in [2.45, 2.75) is 33.7 Å². The molecule has 2 aromatic carbocycles. The molecule has 0 saturated heterocycles. The van der Waals surface area contributed by atoms with E-state index in [1.54, 1.807) is 6.07 Å². The largest absolute Gasteiger partial charge is 0.308 e. The molecule has 0 bridgehead atoms. The van der Waals surface area contributed by atoms with Crippen molar-refractivity contribution < 1.29 is 4.39 Å². The molecule has 4 aromatic heterocycles. The van der Waals surface area contributed by atoms with E-state index in [2.05, 4.69) is 74.4 Å². The second kappa shape index (κ2) is 9.59. The maximum Gasteiger partial charge on any atom is 0.205 e. The van der Waals surface area contributed by atoms with E-state index in [1.165, 1.54) is 12.3 Å². The van der Waals surface area contributed by atoms with Crippen molar-refractivity contribution in [3.05, 3.63) is 95.3 Å². The molecule has 1 N–H and O–H groups in total. The predicted octanol–water partition coefficient (Wildman–Crippen LogP) is 5.71. The Hall–Kier alpha value is -4.79. The van der Waals surface area contributed by atoms with Crippen molar-refractivity contribution in [3.8, 4) is 33.8 Å². The van der Waals surface area contributed by atoms with Crippen molar-refractivity contribution in [1.29, 1.82) is 0 Å². The van der Waals surface area contributed by atoms with Gasteiger partial charge in [-0.1, -0.05) is 37.3 Å². The summed E-state index contributed by atoms with van der Waals surface area (Å²) in [6.45, 7) is 6.89. The zero-order chi connectivity index (χ0) is 26.2. The number of benzene rings is 2. The number of hydrogen-bond acceptors (Lipinski definition) is 6. The van der Waals surface area contributed by atoms with Crippen molar-refractivity contribution in [2.75, 3.05) is 0 Å². The van der Waals surface area contributed by atoms with Gasteiger partial charge in [-0.05, 0) is 71.6 Å². The lowest BCUT2D eigenvalue weighted by molar-refractivity contribution is 0.622. The summed E-state index contributed by atoms with van der Waals surface area (Å²) in [6, 6.07) is 19.5. The molecule has 6 aromatic rings. The molecule has 8 nitrogen and oxygen atoms in total. The molecular formula is C29H25FN8. The standard InChI is InChI=1S/C29H25FN8/c1-4-26-33-27-17(2)13-18(3)32-29(27)38(26)16-19-5-7-20(8-6-19)24-14-21(25-12-10-22(30)15-31-25)9-11-23(24)28-34-36-37-35-28/h5-15H,4,16H2,1-3H3,(H,34,35,36,37). The fourth-order valence-electron chi connectivity index (χ4n) is 4.82. The molecule has 0 atom stereocenters. The first-order valence-corrected chi connectivity index (χ1v) is 12.4. The molecular weight excluding hydrogens is 479 g/mol. The van der Waals surface area contributed by atoms with Crippen molar-refractivity contribution >= 4 is 11.2 Å². The molecule has 188 valence electrons. The number of nitrogens with zero attached hydrogens (tertiary/aromatic N) is 7. The summed E-state index contributed by atoms with van der Waals surface area (Å²) in [5.74, 6) is 1.14. The van der Waals surface area contributed by atoms with Crippen LogP contribution in [0.15, 0.2) is 66.9 Å². The normalized spacial score (nSPS) is 11.4. The number of H-pyrrole nitrogens is 1. The topological polar surface area (TPSA) is 98.1 Å². The number of fused-ring (bicyclic) bond motifs is 1. The van der Waals surface area contributed by atoms with Crippen LogP contribution >= 0.6 is 0 Å².